The standard InChI is InChI=1S/C16H13ClN4O2/c1-23-13-7-5-10(6-8-13)14-15(16(22)21-19-14)20-18-12-4-2-3-11(17)9-12/h2-9H,1H3,(H2,19,21,22). The minimum Gasteiger partial charge on any atom is -0.497 e. The van der Waals surface area contributed by atoms with Crippen LogP contribution in [-0.2, 0) is 0 Å². The Labute approximate surface area is 136 Å². The Morgan fingerprint density at radius 2 is 1.83 bits per heavy atom. The molecule has 0 saturated heterocycles. The molecule has 1 aromatic heterocycles. The van der Waals surface area contributed by atoms with Crippen LogP contribution in [0.3, 0.4) is 0 Å². The zero-order chi connectivity index (χ0) is 16.2. The number of azo groups is 1. The third-order valence-corrected chi connectivity index (χ3v) is 3.44. The molecule has 6 nitrogen and oxygen atoms in total. The monoisotopic (exact) mass is 328 g/mol. The number of rotatable bonds is 4. The fourth-order valence-corrected chi connectivity index (χ4v) is 2.24. The lowest BCUT2D eigenvalue weighted by Gasteiger charge is -2.01. The van der Waals surface area contributed by atoms with E-state index in [0.29, 0.717) is 16.4 Å². The summed E-state index contributed by atoms with van der Waals surface area (Å²) in [5.74, 6) is 0.730. The molecule has 0 amide bonds. The average molecular weight is 329 g/mol. The number of aromatic nitrogens is 2. The maximum absolute atomic E-state index is 11.9. The van der Waals surface area contributed by atoms with Gasteiger partial charge in [0, 0.05) is 10.6 Å². The van der Waals surface area contributed by atoms with Crippen molar-refractivity contribution in [2.45, 2.75) is 0 Å². The zero-order valence-electron chi connectivity index (χ0n) is 12.2. The van der Waals surface area contributed by atoms with Crippen molar-refractivity contribution < 1.29 is 4.74 Å². The van der Waals surface area contributed by atoms with Gasteiger partial charge in [0.15, 0.2) is 5.69 Å². The number of nitrogens with one attached hydrogen (secondary N) is 2. The molecular formula is C16H13ClN4O2. The normalized spacial score (nSPS) is 11.0. The molecule has 1 heterocycles. The number of aromatic amines is 2. The number of halogens is 1. The van der Waals surface area contributed by atoms with E-state index < -0.39 is 0 Å². The van der Waals surface area contributed by atoms with Gasteiger partial charge >= 0.3 is 0 Å². The fraction of sp³-hybridized carbons (Fsp3) is 0.0625. The Kier molecular flexibility index (Phi) is 4.25. The maximum Gasteiger partial charge on any atom is 0.292 e. The molecule has 0 fully saturated rings. The van der Waals surface area contributed by atoms with Crippen LogP contribution in [0.4, 0.5) is 11.4 Å². The summed E-state index contributed by atoms with van der Waals surface area (Å²) in [5.41, 5.74) is 1.78. The first-order chi connectivity index (χ1) is 11.2. The van der Waals surface area contributed by atoms with Gasteiger partial charge in [-0.25, -0.2) is 0 Å². The van der Waals surface area contributed by atoms with Gasteiger partial charge in [0.2, 0.25) is 0 Å². The summed E-state index contributed by atoms with van der Waals surface area (Å²) in [6, 6.07) is 14.2. The minimum absolute atomic E-state index is 0.204. The topological polar surface area (TPSA) is 82.6 Å². The van der Waals surface area contributed by atoms with Crippen molar-refractivity contribution in [3.8, 4) is 17.0 Å². The zero-order valence-corrected chi connectivity index (χ0v) is 13.0. The van der Waals surface area contributed by atoms with Gasteiger partial charge in [-0.05, 0) is 42.5 Å². The van der Waals surface area contributed by atoms with Gasteiger partial charge in [0.25, 0.3) is 5.56 Å². The van der Waals surface area contributed by atoms with E-state index in [1.165, 1.54) is 0 Å². The molecule has 3 rings (SSSR count). The lowest BCUT2D eigenvalue weighted by molar-refractivity contribution is 0.415. The predicted molar refractivity (Wildman–Crippen MR) is 89.0 cm³/mol. The molecule has 2 aromatic carbocycles. The minimum atomic E-state index is -0.346. The van der Waals surface area contributed by atoms with Crippen LogP contribution in [0.1, 0.15) is 0 Å². The highest BCUT2D eigenvalue weighted by molar-refractivity contribution is 6.30. The number of hydrogen-bond donors (Lipinski definition) is 2. The second-order valence-corrected chi connectivity index (χ2v) is 5.15. The molecule has 0 saturated carbocycles. The molecule has 0 spiro atoms. The molecule has 23 heavy (non-hydrogen) atoms. The van der Waals surface area contributed by atoms with Crippen LogP contribution >= 0.6 is 11.6 Å². The maximum atomic E-state index is 11.9. The van der Waals surface area contributed by atoms with Crippen LogP contribution < -0.4 is 10.3 Å². The second kappa shape index (κ2) is 6.50. The summed E-state index contributed by atoms with van der Waals surface area (Å²) >= 11 is 5.90. The number of H-pyrrole nitrogens is 2. The number of nitrogens with zero attached hydrogens (tertiary/aromatic N) is 2. The van der Waals surface area contributed by atoms with Crippen LogP contribution in [0, 0.1) is 0 Å². The Hall–Kier alpha value is -2.86. The van der Waals surface area contributed by atoms with E-state index >= 15 is 0 Å². The molecule has 7 heteroatoms. The van der Waals surface area contributed by atoms with Gasteiger partial charge in [-0.2, -0.15) is 5.11 Å². The first-order valence-corrected chi connectivity index (χ1v) is 7.17. The van der Waals surface area contributed by atoms with Gasteiger partial charge < -0.3 is 4.74 Å². The molecule has 0 aliphatic rings. The van der Waals surface area contributed by atoms with Crippen molar-refractivity contribution >= 4 is 23.0 Å². The summed E-state index contributed by atoms with van der Waals surface area (Å²) in [5, 5.41) is 14.0. The van der Waals surface area contributed by atoms with E-state index in [4.69, 9.17) is 16.3 Å². The molecule has 0 atom stereocenters. The second-order valence-electron chi connectivity index (χ2n) is 4.71. The summed E-state index contributed by atoms with van der Waals surface area (Å²) in [4.78, 5) is 11.9. The van der Waals surface area contributed by atoms with Crippen LogP contribution in [-0.4, -0.2) is 17.3 Å². The van der Waals surface area contributed by atoms with Crippen molar-refractivity contribution in [2.24, 2.45) is 10.2 Å². The highest BCUT2D eigenvalue weighted by Crippen LogP contribution is 2.28. The fourth-order valence-electron chi connectivity index (χ4n) is 2.06. The van der Waals surface area contributed by atoms with Crippen LogP contribution in [0.15, 0.2) is 63.6 Å². The van der Waals surface area contributed by atoms with Gasteiger partial charge in [0.05, 0.1) is 18.5 Å². The van der Waals surface area contributed by atoms with E-state index in [1.54, 1.807) is 43.5 Å². The van der Waals surface area contributed by atoms with Crippen molar-refractivity contribution in [1.29, 1.82) is 0 Å². The number of ether oxygens (including phenoxy) is 1. The molecule has 0 aliphatic carbocycles. The van der Waals surface area contributed by atoms with E-state index in [1.807, 2.05) is 12.1 Å². The Morgan fingerprint density at radius 3 is 2.52 bits per heavy atom. The van der Waals surface area contributed by atoms with E-state index in [0.717, 1.165) is 11.3 Å². The summed E-state index contributed by atoms with van der Waals surface area (Å²) in [7, 11) is 1.60. The molecule has 0 radical (unpaired) electrons. The van der Waals surface area contributed by atoms with Crippen LogP contribution in [0.2, 0.25) is 5.02 Å². The first-order valence-electron chi connectivity index (χ1n) is 6.80. The van der Waals surface area contributed by atoms with Gasteiger partial charge in [-0.15, -0.1) is 5.11 Å². The molecule has 2 N–H and O–H groups in total. The van der Waals surface area contributed by atoms with Crippen molar-refractivity contribution in [2.75, 3.05) is 7.11 Å². The van der Waals surface area contributed by atoms with Gasteiger partial charge in [-0.1, -0.05) is 17.7 Å². The highest BCUT2D eigenvalue weighted by atomic mass is 35.5. The largest absolute Gasteiger partial charge is 0.497 e. The van der Waals surface area contributed by atoms with Crippen molar-refractivity contribution in [3.63, 3.8) is 0 Å². The molecule has 116 valence electrons. The third kappa shape index (κ3) is 3.32. The molecule has 0 aliphatic heterocycles. The SMILES string of the molecule is COc1ccc(-c2[nH][nH]c(=O)c2N=Nc2cccc(Cl)c2)cc1. The predicted octanol–water partition coefficient (Wildman–Crippen LogP) is 4.45. The Morgan fingerprint density at radius 1 is 1.04 bits per heavy atom. The molecule has 0 unspecified atom stereocenters. The molecule has 3 aromatic rings. The summed E-state index contributed by atoms with van der Waals surface area (Å²) in [6.45, 7) is 0. The van der Waals surface area contributed by atoms with Crippen LogP contribution in [0.25, 0.3) is 11.3 Å². The first kappa shape index (κ1) is 15.1. The Balaban J connectivity index is 1.96. The molecule has 0 bridgehead atoms. The van der Waals surface area contributed by atoms with E-state index in [-0.39, 0.29) is 11.2 Å². The van der Waals surface area contributed by atoms with E-state index in [9.17, 15) is 4.79 Å². The summed E-state index contributed by atoms with van der Waals surface area (Å²) < 4.78 is 5.12. The molecular weight excluding hydrogens is 316 g/mol. The lowest BCUT2D eigenvalue weighted by atomic mass is 10.1. The summed E-state index contributed by atoms with van der Waals surface area (Å²) in [6.07, 6.45) is 0. The van der Waals surface area contributed by atoms with Crippen LogP contribution in [0.5, 0.6) is 5.75 Å². The number of hydrogen-bond acceptors (Lipinski definition) is 4. The number of methoxy groups -OCH3 is 1. The van der Waals surface area contributed by atoms with E-state index in [2.05, 4.69) is 20.4 Å². The van der Waals surface area contributed by atoms with Crippen molar-refractivity contribution in [1.82, 2.24) is 10.2 Å². The smallest absolute Gasteiger partial charge is 0.292 e. The van der Waals surface area contributed by atoms with Crippen molar-refractivity contribution in [3.05, 3.63) is 63.9 Å². The number of benzene rings is 2. The average Bonchev–Trinajstić information content (AvgIpc) is 2.94. The highest BCUT2D eigenvalue weighted by Gasteiger charge is 2.11. The van der Waals surface area contributed by atoms with Gasteiger partial charge in [-0.3, -0.25) is 15.0 Å². The quantitative estimate of drug-likeness (QED) is 0.694. The third-order valence-electron chi connectivity index (χ3n) is 3.21. The lowest BCUT2D eigenvalue weighted by Crippen LogP contribution is -1.96. The van der Waals surface area contributed by atoms with Gasteiger partial charge in [0.1, 0.15) is 5.75 Å². The Bertz CT molecular complexity index is 897.